The van der Waals surface area contributed by atoms with E-state index in [9.17, 15) is 2.74 Å². The molecule has 0 spiro atoms. The maximum atomic E-state index is 9.28. The zero-order valence-corrected chi connectivity index (χ0v) is 26.6. The number of rotatable bonds is 5. The Hall–Kier alpha value is -6.91. The number of furan rings is 1. The van der Waals surface area contributed by atoms with E-state index in [1.54, 1.807) is 30.3 Å². The molecule has 0 saturated carbocycles. The molecule has 2 aromatic heterocycles. The van der Waals surface area contributed by atoms with Crippen LogP contribution in [-0.4, -0.2) is 15.0 Å². The monoisotopic (exact) mass is 663 g/mol. The van der Waals surface area contributed by atoms with Crippen molar-refractivity contribution in [2.45, 2.75) is 0 Å². The lowest BCUT2D eigenvalue weighted by molar-refractivity contribution is 0.669. The SMILES string of the molecule is [2H]c1cc2c(cc1-c1ccc3ccccc3c1)oc1ccc([2H])c(-c3cc(-c4nc(-c5c([2H])c([2H])c([2H])c([2H])c5[2H])nc(-c5c([2H])c([2H])c([2H])c([2H])c5[2H])n4)c4ccccc4c3)c12. The van der Waals surface area contributed by atoms with E-state index < -0.39 is 60.4 Å². The third-order valence-corrected chi connectivity index (χ3v) is 8.90. The topological polar surface area (TPSA) is 51.8 Å². The van der Waals surface area contributed by atoms with Crippen LogP contribution in [0.3, 0.4) is 0 Å². The van der Waals surface area contributed by atoms with Crippen LogP contribution in [0.15, 0.2) is 180 Å². The van der Waals surface area contributed by atoms with Crippen molar-refractivity contribution in [3.8, 4) is 56.4 Å². The summed E-state index contributed by atoms with van der Waals surface area (Å²) >= 11 is 0. The summed E-state index contributed by atoms with van der Waals surface area (Å²) in [7, 11) is 0. The van der Waals surface area contributed by atoms with Gasteiger partial charge in [-0.2, -0.15) is 0 Å². The highest BCUT2D eigenvalue weighted by atomic mass is 16.3. The Bertz CT molecular complexity index is 3480. The van der Waals surface area contributed by atoms with Gasteiger partial charge in [-0.3, -0.25) is 0 Å². The summed E-state index contributed by atoms with van der Waals surface area (Å²) in [5.74, 6) is -0.874. The predicted molar refractivity (Wildman–Crippen MR) is 209 cm³/mol. The second kappa shape index (κ2) is 11.9. The lowest BCUT2D eigenvalue weighted by Crippen LogP contribution is -2.00. The standard InChI is InChI=1S/C47H29N3O/c1-3-13-31(14-4-1)45-48-46(32-15-5-2-6-16-32)50-47(49-45)41-28-37(27-36-18-9-10-19-38(36)41)39-20-11-21-42-44(39)40-25-24-35(29-43(40)51-42)34-23-22-30-12-7-8-17-33(30)26-34/h1-29H/i1D,2D,3D,4D,5D,6D,13D,14D,15D,16D,20D,24D. The van der Waals surface area contributed by atoms with Crippen molar-refractivity contribution in [3.63, 3.8) is 0 Å². The van der Waals surface area contributed by atoms with Crippen LogP contribution in [-0.2, 0) is 0 Å². The fourth-order valence-electron chi connectivity index (χ4n) is 6.54. The van der Waals surface area contributed by atoms with E-state index in [1.165, 1.54) is 0 Å². The van der Waals surface area contributed by atoms with Crippen molar-refractivity contribution >= 4 is 43.5 Å². The quantitative estimate of drug-likeness (QED) is 0.184. The van der Waals surface area contributed by atoms with E-state index in [4.69, 9.17) is 28.1 Å². The molecule has 0 saturated heterocycles. The van der Waals surface area contributed by atoms with Crippen molar-refractivity contribution < 1.29 is 20.9 Å². The summed E-state index contributed by atoms with van der Waals surface area (Å²) in [5.41, 5.74) is 3.11. The van der Waals surface area contributed by atoms with Crippen molar-refractivity contribution in [3.05, 3.63) is 176 Å². The molecule has 0 N–H and O–H groups in total. The molecule has 10 rings (SSSR count). The molecule has 0 bridgehead atoms. The van der Waals surface area contributed by atoms with Crippen LogP contribution in [0, 0.1) is 0 Å². The Morgan fingerprint density at radius 3 is 1.82 bits per heavy atom. The van der Waals surface area contributed by atoms with Gasteiger partial charge in [-0.1, -0.05) is 139 Å². The van der Waals surface area contributed by atoms with Crippen molar-refractivity contribution in [2.24, 2.45) is 0 Å². The summed E-state index contributed by atoms with van der Waals surface area (Å²) in [4.78, 5) is 13.8. The fraction of sp³-hybridized carbons (Fsp3) is 0. The lowest BCUT2D eigenvalue weighted by atomic mass is 9.93. The number of benzene rings is 8. The third-order valence-electron chi connectivity index (χ3n) is 8.90. The number of aromatic nitrogens is 3. The van der Waals surface area contributed by atoms with Gasteiger partial charge in [0.1, 0.15) is 11.2 Å². The molecule has 0 aliphatic carbocycles. The minimum absolute atomic E-state index is 0.101. The van der Waals surface area contributed by atoms with Gasteiger partial charge in [0.05, 0.1) is 16.4 Å². The Labute approximate surface area is 311 Å². The maximum absolute atomic E-state index is 9.28. The normalized spacial score (nSPS) is 14.8. The molecule has 51 heavy (non-hydrogen) atoms. The molecule has 4 nitrogen and oxygen atoms in total. The first-order valence-electron chi connectivity index (χ1n) is 22.1. The second-order valence-electron chi connectivity index (χ2n) is 11.9. The van der Waals surface area contributed by atoms with Crippen LogP contribution in [0.4, 0.5) is 0 Å². The minimum atomic E-state index is -0.645. The molecular weight excluding hydrogens is 623 g/mol. The average molecular weight is 664 g/mol. The van der Waals surface area contributed by atoms with Gasteiger partial charge in [0.25, 0.3) is 0 Å². The molecule has 0 fully saturated rings. The highest BCUT2D eigenvalue weighted by Crippen LogP contribution is 2.41. The Balaban J connectivity index is 1.24. The van der Waals surface area contributed by atoms with Crippen LogP contribution in [0.2, 0.25) is 0 Å². The Morgan fingerprint density at radius 2 is 1.06 bits per heavy atom. The van der Waals surface area contributed by atoms with Gasteiger partial charge < -0.3 is 4.42 Å². The van der Waals surface area contributed by atoms with E-state index in [0.717, 1.165) is 16.3 Å². The molecule has 0 amide bonds. The highest BCUT2D eigenvalue weighted by Gasteiger charge is 2.18. The molecule has 0 radical (unpaired) electrons. The molecule has 2 heterocycles. The van der Waals surface area contributed by atoms with Crippen molar-refractivity contribution in [2.75, 3.05) is 0 Å². The van der Waals surface area contributed by atoms with Gasteiger partial charge in [-0.25, -0.2) is 15.0 Å². The molecule has 10 aromatic rings. The Morgan fingerprint density at radius 1 is 0.392 bits per heavy atom. The molecule has 4 heteroatoms. The molecule has 238 valence electrons. The number of hydrogen-bond acceptors (Lipinski definition) is 4. The highest BCUT2D eigenvalue weighted by molar-refractivity contribution is 6.14. The molecule has 0 unspecified atom stereocenters. The van der Waals surface area contributed by atoms with Gasteiger partial charge in [0, 0.05) is 27.5 Å². The van der Waals surface area contributed by atoms with Crippen LogP contribution < -0.4 is 0 Å². The van der Waals surface area contributed by atoms with E-state index in [2.05, 4.69) is 4.98 Å². The van der Waals surface area contributed by atoms with Gasteiger partial charge in [-0.05, 0) is 80.2 Å². The lowest BCUT2D eigenvalue weighted by Gasteiger charge is -2.13. The Kier molecular flexibility index (Phi) is 4.51. The van der Waals surface area contributed by atoms with E-state index in [-0.39, 0.29) is 40.7 Å². The second-order valence-corrected chi connectivity index (χ2v) is 11.9. The summed E-state index contributed by atoms with van der Waals surface area (Å²) in [6.45, 7) is 0. The van der Waals surface area contributed by atoms with E-state index in [0.29, 0.717) is 55.0 Å². The number of hydrogen-bond donors (Lipinski definition) is 0. The van der Waals surface area contributed by atoms with Gasteiger partial charge in [0.2, 0.25) is 0 Å². The van der Waals surface area contributed by atoms with Crippen LogP contribution in [0.1, 0.15) is 16.4 Å². The maximum Gasteiger partial charge on any atom is 0.164 e. The average Bonchev–Trinajstić information content (AvgIpc) is 3.65. The van der Waals surface area contributed by atoms with E-state index >= 15 is 0 Å². The van der Waals surface area contributed by atoms with Gasteiger partial charge in [-0.15, -0.1) is 0 Å². The predicted octanol–water partition coefficient (Wildman–Crippen LogP) is 12.4. The van der Waals surface area contributed by atoms with Crippen LogP contribution >= 0.6 is 0 Å². The van der Waals surface area contributed by atoms with Gasteiger partial charge >= 0.3 is 0 Å². The molecular formula is C47H29N3O. The van der Waals surface area contributed by atoms with Crippen LogP contribution in [0.25, 0.3) is 99.9 Å². The molecule has 0 aliphatic rings. The largest absolute Gasteiger partial charge is 0.456 e. The first-order chi connectivity index (χ1) is 30.2. The number of fused-ring (bicyclic) bond motifs is 5. The summed E-state index contributed by atoms with van der Waals surface area (Å²) in [6, 6.07) is 25.9. The van der Waals surface area contributed by atoms with Crippen molar-refractivity contribution in [1.82, 2.24) is 15.0 Å². The van der Waals surface area contributed by atoms with Crippen molar-refractivity contribution in [1.29, 1.82) is 0 Å². The minimum Gasteiger partial charge on any atom is -0.456 e. The summed E-state index contributed by atoms with van der Waals surface area (Å²) < 4.78 is 110. The van der Waals surface area contributed by atoms with Crippen LogP contribution in [0.5, 0.6) is 0 Å². The first-order valence-corrected chi connectivity index (χ1v) is 16.1. The van der Waals surface area contributed by atoms with E-state index in [1.807, 2.05) is 72.8 Å². The zero-order valence-electron chi connectivity index (χ0n) is 38.6. The van der Waals surface area contributed by atoms with Gasteiger partial charge in [0.15, 0.2) is 17.5 Å². The molecule has 8 aromatic carbocycles. The number of nitrogens with zero attached hydrogens (tertiary/aromatic N) is 3. The summed E-state index contributed by atoms with van der Waals surface area (Å²) in [5, 5.41) is 4.61. The molecule has 0 atom stereocenters. The fourth-order valence-corrected chi connectivity index (χ4v) is 6.54. The smallest absolute Gasteiger partial charge is 0.164 e. The zero-order chi connectivity index (χ0) is 44.2. The summed E-state index contributed by atoms with van der Waals surface area (Å²) in [6.07, 6.45) is 0. The third kappa shape index (κ3) is 5.13. The molecule has 0 aliphatic heterocycles. The first kappa shape index (κ1) is 19.3.